The zero-order valence-corrected chi connectivity index (χ0v) is 18.6. The van der Waals surface area contributed by atoms with Crippen LogP contribution in [0.5, 0.6) is 0 Å². The van der Waals surface area contributed by atoms with Gasteiger partial charge >= 0.3 is 12.1 Å². The van der Waals surface area contributed by atoms with Crippen molar-refractivity contribution >= 4 is 34.3 Å². The van der Waals surface area contributed by atoms with Crippen LogP contribution in [-0.2, 0) is 27.1 Å². The summed E-state index contributed by atoms with van der Waals surface area (Å²) in [5.74, 6) is -1.13. The molecule has 1 aromatic rings. The van der Waals surface area contributed by atoms with Crippen molar-refractivity contribution < 1.29 is 28.2 Å². The maximum atomic E-state index is 13.1. The molecular formula is C21H29FN2O5S. The van der Waals surface area contributed by atoms with E-state index in [9.17, 15) is 18.8 Å². The van der Waals surface area contributed by atoms with Gasteiger partial charge in [0.2, 0.25) is 5.91 Å². The summed E-state index contributed by atoms with van der Waals surface area (Å²) >= 11 is 1.36. The number of rotatable bonds is 5. The number of alkyl halides is 1. The summed E-state index contributed by atoms with van der Waals surface area (Å²) in [5, 5.41) is 6.13. The number of aryl methyl sites for hydroxylation is 1. The third-order valence-corrected chi connectivity index (χ3v) is 6.36. The number of esters is 1. The molecule has 166 valence electrons. The second-order valence-corrected chi connectivity index (χ2v) is 9.87. The molecule has 9 heteroatoms. The minimum atomic E-state index is -0.929. The number of carbonyl (C=O) groups excluding carboxylic acids is 3. The molecule has 2 aliphatic carbocycles. The number of carbonyl (C=O) groups is 3. The molecule has 7 nitrogen and oxygen atoms in total. The molecule has 0 saturated heterocycles. The van der Waals surface area contributed by atoms with Crippen LogP contribution in [0.25, 0.3) is 0 Å². The lowest BCUT2D eigenvalue weighted by atomic mass is 9.83. The monoisotopic (exact) mass is 440 g/mol. The number of thiophene rings is 1. The first kappa shape index (κ1) is 22.5. The molecule has 0 spiro atoms. The van der Waals surface area contributed by atoms with Crippen LogP contribution in [0.2, 0.25) is 0 Å². The Balaban J connectivity index is 1.77. The maximum Gasteiger partial charge on any atom is 0.407 e. The highest BCUT2D eigenvalue weighted by atomic mass is 32.1. The summed E-state index contributed by atoms with van der Waals surface area (Å²) in [6.07, 6.45) is 0.823. The Morgan fingerprint density at radius 2 is 1.93 bits per heavy atom. The van der Waals surface area contributed by atoms with E-state index in [0.29, 0.717) is 29.8 Å². The molecule has 2 aliphatic rings. The lowest BCUT2D eigenvalue weighted by molar-refractivity contribution is -0.124. The molecule has 0 unspecified atom stereocenters. The normalized spacial score (nSPS) is 23.0. The number of hydrogen-bond donors (Lipinski definition) is 2. The molecule has 0 radical (unpaired) electrons. The van der Waals surface area contributed by atoms with Crippen LogP contribution in [0.3, 0.4) is 0 Å². The third kappa shape index (κ3) is 5.30. The lowest BCUT2D eigenvalue weighted by Gasteiger charge is -2.28. The molecule has 0 aliphatic heterocycles. The molecule has 1 heterocycles. The zero-order chi connectivity index (χ0) is 22.1. The van der Waals surface area contributed by atoms with Crippen molar-refractivity contribution in [1.29, 1.82) is 0 Å². The van der Waals surface area contributed by atoms with Crippen LogP contribution in [0.15, 0.2) is 0 Å². The first-order valence-electron chi connectivity index (χ1n) is 10.3. The van der Waals surface area contributed by atoms with Crippen molar-refractivity contribution in [3.63, 3.8) is 0 Å². The molecule has 30 heavy (non-hydrogen) atoms. The fraction of sp³-hybridized carbons (Fsp3) is 0.667. The van der Waals surface area contributed by atoms with Gasteiger partial charge in [0.1, 0.15) is 16.8 Å². The molecule has 0 aromatic carbocycles. The highest BCUT2D eigenvalue weighted by Gasteiger charge is 2.37. The van der Waals surface area contributed by atoms with E-state index < -0.39 is 23.8 Å². The summed E-state index contributed by atoms with van der Waals surface area (Å²) in [4.78, 5) is 38.2. The summed E-state index contributed by atoms with van der Waals surface area (Å²) in [6, 6.07) is -0.183. The predicted molar refractivity (Wildman–Crippen MR) is 112 cm³/mol. The summed E-state index contributed by atoms with van der Waals surface area (Å²) in [7, 11) is 0. The number of alkyl carbamates (subject to hydrolysis) is 1. The van der Waals surface area contributed by atoms with Crippen molar-refractivity contribution in [2.45, 2.75) is 77.6 Å². The maximum absolute atomic E-state index is 13.1. The van der Waals surface area contributed by atoms with Crippen molar-refractivity contribution in [3.05, 3.63) is 16.0 Å². The zero-order valence-electron chi connectivity index (χ0n) is 17.8. The number of ether oxygens (including phenoxy) is 2. The Bertz CT molecular complexity index is 826. The second kappa shape index (κ2) is 8.91. The topological polar surface area (TPSA) is 93.7 Å². The molecule has 1 fully saturated rings. The van der Waals surface area contributed by atoms with Gasteiger partial charge in [0, 0.05) is 16.8 Å². The van der Waals surface area contributed by atoms with Gasteiger partial charge in [-0.05, 0) is 65.4 Å². The van der Waals surface area contributed by atoms with E-state index in [0.717, 1.165) is 10.4 Å². The predicted octanol–water partition coefficient (Wildman–Crippen LogP) is 3.99. The van der Waals surface area contributed by atoms with E-state index in [1.54, 1.807) is 27.7 Å². The van der Waals surface area contributed by atoms with Crippen LogP contribution >= 0.6 is 11.3 Å². The minimum absolute atomic E-state index is 0.183. The molecular weight excluding hydrogens is 411 g/mol. The Morgan fingerprint density at radius 3 is 2.53 bits per heavy atom. The summed E-state index contributed by atoms with van der Waals surface area (Å²) in [6.45, 7) is 7.32. The fourth-order valence-corrected chi connectivity index (χ4v) is 4.90. The fourth-order valence-electron chi connectivity index (χ4n) is 3.66. The van der Waals surface area contributed by atoms with E-state index in [2.05, 4.69) is 10.6 Å². The first-order valence-corrected chi connectivity index (χ1v) is 11.1. The lowest BCUT2D eigenvalue weighted by Crippen LogP contribution is -2.42. The van der Waals surface area contributed by atoms with Gasteiger partial charge in [0.15, 0.2) is 0 Å². The van der Waals surface area contributed by atoms with Gasteiger partial charge in [-0.25, -0.2) is 14.0 Å². The summed E-state index contributed by atoms with van der Waals surface area (Å²) < 4.78 is 23.7. The van der Waals surface area contributed by atoms with Gasteiger partial charge in [-0.15, -0.1) is 11.3 Å². The Hall–Kier alpha value is -2.16. The number of hydrogen-bond acceptors (Lipinski definition) is 6. The smallest absolute Gasteiger partial charge is 0.407 e. The van der Waals surface area contributed by atoms with Crippen LogP contribution in [0.1, 0.15) is 67.8 Å². The molecule has 2 N–H and O–H groups in total. The standard InChI is InChI=1S/C21H29FN2O5S/c1-5-28-19(26)16-14-10-13(23-20(27)29-21(2,3)4)6-7-15(14)30-18(16)24-17(25)11-8-12(22)9-11/h11-13H,5-10H2,1-4H3,(H,23,27)(H,24,25)/t11-,12-,13-/m0/s1. The van der Waals surface area contributed by atoms with Crippen LogP contribution in [0.4, 0.5) is 14.2 Å². The average molecular weight is 441 g/mol. The van der Waals surface area contributed by atoms with Crippen LogP contribution in [-0.4, -0.2) is 42.4 Å². The number of fused-ring (bicyclic) bond motifs is 1. The highest BCUT2D eigenvalue weighted by molar-refractivity contribution is 7.17. The Morgan fingerprint density at radius 1 is 1.23 bits per heavy atom. The van der Waals surface area contributed by atoms with Gasteiger partial charge in [0.25, 0.3) is 0 Å². The number of halogens is 1. The number of anilines is 1. The van der Waals surface area contributed by atoms with E-state index >= 15 is 0 Å². The quantitative estimate of drug-likeness (QED) is 0.675. The Labute approximate surface area is 179 Å². The van der Waals surface area contributed by atoms with E-state index in [4.69, 9.17) is 9.47 Å². The van der Waals surface area contributed by atoms with Gasteiger partial charge in [0.05, 0.1) is 12.2 Å². The molecule has 1 aromatic heterocycles. The summed E-state index contributed by atoms with van der Waals surface area (Å²) in [5.41, 5.74) is 0.537. The largest absolute Gasteiger partial charge is 0.462 e. The van der Waals surface area contributed by atoms with Crippen LogP contribution < -0.4 is 10.6 Å². The number of nitrogens with one attached hydrogen (secondary N) is 2. The van der Waals surface area contributed by atoms with Crippen LogP contribution in [0, 0.1) is 5.92 Å². The first-order chi connectivity index (χ1) is 14.1. The van der Waals surface area contributed by atoms with E-state index in [1.807, 2.05) is 0 Å². The second-order valence-electron chi connectivity index (χ2n) is 8.77. The van der Waals surface area contributed by atoms with Crippen molar-refractivity contribution in [2.75, 3.05) is 11.9 Å². The molecule has 0 bridgehead atoms. The molecule has 1 saturated carbocycles. The Kier molecular flexibility index (Phi) is 6.69. The van der Waals surface area contributed by atoms with E-state index in [1.165, 1.54) is 11.3 Å². The molecule has 2 amide bonds. The van der Waals surface area contributed by atoms with Gasteiger partial charge in [-0.3, -0.25) is 4.79 Å². The SMILES string of the molecule is CCOC(=O)c1c(NC(=O)[C@H]2C[C@H](F)C2)sc2c1C[C@@H](NC(=O)OC(C)(C)C)CC2. The van der Waals surface area contributed by atoms with Crippen molar-refractivity contribution in [2.24, 2.45) is 5.92 Å². The van der Waals surface area contributed by atoms with Gasteiger partial charge in [-0.2, -0.15) is 0 Å². The third-order valence-electron chi connectivity index (χ3n) is 5.15. The molecule has 3 rings (SSSR count). The van der Waals surface area contributed by atoms with Gasteiger partial charge < -0.3 is 20.1 Å². The van der Waals surface area contributed by atoms with E-state index in [-0.39, 0.29) is 37.3 Å². The minimum Gasteiger partial charge on any atom is -0.462 e. The highest BCUT2D eigenvalue weighted by Crippen LogP contribution is 2.40. The van der Waals surface area contributed by atoms with Gasteiger partial charge in [-0.1, -0.05) is 0 Å². The van der Waals surface area contributed by atoms with Crippen molar-refractivity contribution in [3.8, 4) is 0 Å². The number of amides is 2. The average Bonchev–Trinajstić information content (AvgIpc) is 2.94. The molecule has 1 atom stereocenters. The van der Waals surface area contributed by atoms with Crippen molar-refractivity contribution in [1.82, 2.24) is 5.32 Å².